The van der Waals surface area contributed by atoms with E-state index in [1.165, 1.54) is 48.5 Å². The summed E-state index contributed by atoms with van der Waals surface area (Å²) in [5.41, 5.74) is 0.268. The number of esters is 1. The maximum atomic E-state index is 12.9. The van der Waals surface area contributed by atoms with Crippen molar-refractivity contribution in [3.05, 3.63) is 72.3 Å². The Hall–Kier alpha value is -5.68. The fraction of sp³-hybridized carbons (Fsp3) is 0.500. The molecule has 0 radical (unpaired) electrons. The smallest absolute Gasteiger partial charge is 0.402 e. The number of fused-ring (bicyclic) bond motifs is 1. The summed E-state index contributed by atoms with van der Waals surface area (Å²) in [5, 5.41) is 178. The second-order valence-electron chi connectivity index (χ2n) is 18.1. The molecule has 0 aliphatic carbocycles. The lowest BCUT2D eigenvalue weighted by atomic mass is 9.97. The molecule has 28 heteroatoms. The largest absolute Gasteiger partial charge is 0.508 e. The number of hydrogen-bond acceptors (Lipinski definition) is 27. The highest BCUT2D eigenvalue weighted by atomic mass is 16.8. The van der Waals surface area contributed by atoms with E-state index in [-0.39, 0.29) is 50.9 Å². The Kier molecular flexibility index (Phi) is 17.8. The number of carbonyl (C=O) groups excluding carboxylic acids is 1. The van der Waals surface area contributed by atoms with Crippen molar-refractivity contribution < 1.29 is 139 Å². The molecule has 28 nitrogen and oxygen atoms in total. The number of ether oxygens (including phenoxy) is 9. The second kappa shape index (κ2) is 23.9. The highest BCUT2D eigenvalue weighted by molar-refractivity contribution is 5.89. The monoisotopic (exact) mass is 1080 g/mol. The topological polar surface area (TPSA) is 455 Å². The summed E-state index contributed by atoms with van der Waals surface area (Å²) in [6.07, 6.45) is -34.1. The van der Waals surface area contributed by atoms with Crippen LogP contribution in [0.3, 0.4) is 0 Å². The zero-order valence-corrected chi connectivity index (χ0v) is 39.4. The number of benzene rings is 3. The molecule has 0 bridgehead atoms. The van der Waals surface area contributed by atoms with E-state index >= 15 is 0 Å². The molecule has 4 aliphatic heterocycles. The number of phenolic OH excluding ortho intramolecular Hbond substituents is 3. The molecule has 4 saturated heterocycles. The van der Waals surface area contributed by atoms with E-state index in [2.05, 4.69) is 0 Å². The third kappa shape index (κ3) is 11.9. The molecule has 76 heavy (non-hydrogen) atoms. The van der Waals surface area contributed by atoms with E-state index in [1.54, 1.807) is 0 Å². The minimum Gasteiger partial charge on any atom is -0.508 e. The fourth-order valence-electron chi connectivity index (χ4n) is 8.60. The van der Waals surface area contributed by atoms with E-state index in [0.717, 1.165) is 24.3 Å². The van der Waals surface area contributed by atoms with E-state index in [9.17, 15) is 91.6 Å². The van der Waals surface area contributed by atoms with Crippen LogP contribution in [0.25, 0.3) is 28.4 Å². The minimum atomic E-state index is -2.12. The number of rotatable bonds is 16. The summed E-state index contributed by atoms with van der Waals surface area (Å²) in [6, 6.07) is 12.5. The highest BCUT2D eigenvalue weighted by Crippen LogP contribution is 2.43. The number of aliphatic hydroxyl groups is 14. The van der Waals surface area contributed by atoms with Gasteiger partial charge < -0.3 is 129 Å². The van der Waals surface area contributed by atoms with Crippen LogP contribution in [0.4, 0.5) is 0 Å². The van der Waals surface area contributed by atoms with Gasteiger partial charge in [-0.1, -0.05) is 6.07 Å². The van der Waals surface area contributed by atoms with E-state index in [4.69, 9.17) is 47.0 Å². The quantitative estimate of drug-likeness (QED) is 0.0284. The summed E-state index contributed by atoms with van der Waals surface area (Å²) >= 11 is 0. The van der Waals surface area contributed by atoms with E-state index < -0.39 is 167 Å². The van der Waals surface area contributed by atoms with Crippen LogP contribution >= 0.6 is 0 Å². The molecular formula is C48H57O28+. The first-order valence-electron chi connectivity index (χ1n) is 23.4. The van der Waals surface area contributed by atoms with Gasteiger partial charge in [-0.2, -0.15) is 0 Å². The first-order chi connectivity index (χ1) is 36.2. The molecule has 4 aromatic rings. The normalized spacial score (nSPS) is 36.0. The number of aromatic hydroxyl groups is 3. The van der Waals surface area contributed by atoms with Gasteiger partial charge in [0.25, 0.3) is 0 Å². The Morgan fingerprint density at radius 1 is 0.513 bits per heavy atom. The van der Waals surface area contributed by atoms with Crippen molar-refractivity contribution in [3.63, 3.8) is 0 Å². The molecule has 1 aromatic heterocycles. The van der Waals surface area contributed by atoms with Crippen LogP contribution in [0.5, 0.6) is 34.5 Å². The van der Waals surface area contributed by atoms with Crippen molar-refractivity contribution in [1.82, 2.24) is 0 Å². The molecule has 0 spiro atoms. The lowest BCUT2D eigenvalue weighted by Crippen LogP contribution is -2.65. The third-order valence-electron chi connectivity index (χ3n) is 12.9. The predicted molar refractivity (Wildman–Crippen MR) is 246 cm³/mol. The van der Waals surface area contributed by atoms with Gasteiger partial charge in [0, 0.05) is 18.2 Å². The molecule has 8 rings (SSSR count). The molecule has 17 N–H and O–H groups in total. The molecular weight excluding hydrogens is 1020 g/mol. The van der Waals surface area contributed by atoms with Crippen LogP contribution in [0.2, 0.25) is 0 Å². The Bertz CT molecular complexity index is 2630. The van der Waals surface area contributed by atoms with E-state index in [0.29, 0.717) is 0 Å². The molecule has 3 aromatic carbocycles. The molecule has 4 aliphatic rings. The lowest BCUT2D eigenvalue weighted by Gasteiger charge is -2.45. The minimum absolute atomic E-state index is 0.0519. The van der Waals surface area contributed by atoms with Crippen molar-refractivity contribution in [1.29, 1.82) is 0 Å². The lowest BCUT2D eigenvalue weighted by molar-refractivity contribution is -0.358. The van der Waals surface area contributed by atoms with E-state index in [1.807, 2.05) is 0 Å². The standard InChI is InChI=1S/C48H56O28/c49-13-27-32(56)36(60)40(64)45(72-27)69-24-11-20(53)10-23-21(24)12-26(43(68-23)18-3-5-19(52)6-4-18)71-48-44(39(63)34(58)29(15-51)74-48)76-47-42(66)38(62)35(59)30(75-47)16-67-31(55)8-2-17-1-7-22(54)25(9-17)70-46-41(65)37(61)33(57)28(14-50)73-46/h1-12,27-30,32-42,44-51,56-66H,13-16H2,(H2-,52,53,54,55)/p+1/t27?,28?,29?,30?,32-,33-,34-,35-,36+,37+,38?,39?,40?,41?,42-,44?,45-,46-,47+,48-/m1/s1. The third-order valence-corrected chi connectivity index (χ3v) is 12.9. The summed E-state index contributed by atoms with van der Waals surface area (Å²) < 4.78 is 57.5. The molecule has 416 valence electrons. The Balaban J connectivity index is 1.02. The average molecular weight is 1080 g/mol. The van der Waals surface area contributed by atoms with Gasteiger partial charge in [-0.3, -0.25) is 0 Å². The molecule has 0 amide bonds. The van der Waals surface area contributed by atoms with Crippen LogP contribution in [-0.4, -0.2) is 242 Å². The van der Waals surface area contributed by atoms with Gasteiger partial charge >= 0.3 is 17.3 Å². The van der Waals surface area contributed by atoms with Gasteiger partial charge in [0.2, 0.25) is 24.6 Å². The first-order valence-corrected chi connectivity index (χ1v) is 23.4. The van der Waals surface area contributed by atoms with Gasteiger partial charge in [-0.05, 0) is 48.0 Å². The van der Waals surface area contributed by atoms with Crippen molar-refractivity contribution >= 4 is 23.0 Å². The number of carbonyl (C=O) groups is 1. The number of phenols is 3. The predicted octanol–water partition coefficient (Wildman–Crippen LogP) is -4.88. The molecule has 4 fully saturated rings. The Labute approximate surface area is 428 Å². The van der Waals surface area contributed by atoms with Gasteiger partial charge in [-0.15, -0.1) is 0 Å². The Morgan fingerprint density at radius 2 is 1.03 bits per heavy atom. The summed E-state index contributed by atoms with van der Waals surface area (Å²) in [5.74, 6) is -3.24. The van der Waals surface area contributed by atoms with Crippen LogP contribution in [0.15, 0.2) is 71.2 Å². The van der Waals surface area contributed by atoms with Crippen LogP contribution < -0.4 is 14.2 Å². The van der Waals surface area contributed by atoms with Crippen LogP contribution in [-0.2, 0) is 33.2 Å². The summed E-state index contributed by atoms with van der Waals surface area (Å²) in [4.78, 5) is 12.9. The molecule has 5 heterocycles. The first kappa shape index (κ1) is 56.5. The maximum Gasteiger partial charge on any atom is 0.402 e. The highest BCUT2D eigenvalue weighted by Gasteiger charge is 2.53. The van der Waals surface area contributed by atoms with Crippen molar-refractivity contribution in [2.45, 2.75) is 123 Å². The molecule has 9 unspecified atom stereocenters. The number of aliphatic hydroxyl groups excluding tert-OH is 14. The van der Waals surface area contributed by atoms with Crippen molar-refractivity contribution in [2.24, 2.45) is 0 Å². The second-order valence-corrected chi connectivity index (χ2v) is 18.1. The molecule has 20 atom stereocenters. The maximum absolute atomic E-state index is 12.9. The number of hydrogen-bond donors (Lipinski definition) is 17. The van der Waals surface area contributed by atoms with Crippen molar-refractivity contribution in [2.75, 3.05) is 26.4 Å². The Morgan fingerprint density at radius 3 is 1.62 bits per heavy atom. The van der Waals surface area contributed by atoms with Gasteiger partial charge in [0.15, 0.2) is 23.9 Å². The van der Waals surface area contributed by atoms with Crippen LogP contribution in [0.1, 0.15) is 5.56 Å². The zero-order valence-electron chi connectivity index (χ0n) is 39.4. The van der Waals surface area contributed by atoms with Gasteiger partial charge in [0.05, 0.1) is 31.5 Å². The average Bonchev–Trinajstić information content (AvgIpc) is 3.41. The fourth-order valence-corrected chi connectivity index (χ4v) is 8.60. The van der Waals surface area contributed by atoms with Crippen molar-refractivity contribution in [3.8, 4) is 45.8 Å². The SMILES string of the molecule is O=C(/C=C/c1ccc(O)c(O[C@@H]2OC(CO)[C@@H](O)[C@H](O)C2O)c1)OCC1O[C@@H](OC2C(O)[C@H](O)C(CO)O[C@H]2Oc2cc3c(O[C@@H]4OC(CO)[C@@H](O)[C@H](O)C4O)cc(O)cc3[o+]c2-c2ccc(O)cc2)[C@H](O)C(O)[C@@H]1O. The molecule has 0 saturated carbocycles. The summed E-state index contributed by atoms with van der Waals surface area (Å²) in [6.45, 7) is -3.26. The van der Waals surface area contributed by atoms with Gasteiger partial charge in [-0.25, -0.2) is 9.21 Å². The van der Waals surface area contributed by atoms with Gasteiger partial charge in [0.1, 0.15) is 121 Å². The zero-order chi connectivity index (χ0) is 54.9. The summed E-state index contributed by atoms with van der Waals surface area (Å²) in [7, 11) is 0. The van der Waals surface area contributed by atoms with Crippen LogP contribution in [0, 0.1) is 0 Å².